The molecule has 0 saturated carbocycles. The third-order valence-corrected chi connectivity index (χ3v) is 4.08. The summed E-state index contributed by atoms with van der Waals surface area (Å²) >= 11 is 0. The molecule has 2 aromatic rings. The predicted molar refractivity (Wildman–Crippen MR) is 107 cm³/mol. The zero-order valence-corrected chi connectivity index (χ0v) is 15.8. The fourth-order valence-electron chi connectivity index (χ4n) is 2.72. The lowest BCUT2D eigenvalue weighted by Crippen LogP contribution is -2.00. The second-order valence-electron chi connectivity index (χ2n) is 6.07. The van der Waals surface area contributed by atoms with E-state index in [1.54, 1.807) is 0 Å². The van der Waals surface area contributed by atoms with Gasteiger partial charge in [-0.05, 0) is 61.2 Å². The highest BCUT2D eigenvalue weighted by Crippen LogP contribution is 2.36. The molecule has 0 radical (unpaired) electrons. The molecular formula is C21H26N2O3. The minimum atomic E-state index is -0.202. The van der Waals surface area contributed by atoms with Crippen LogP contribution >= 0.6 is 0 Å². The fraction of sp³-hybridized carbons (Fsp3) is 0.286. The summed E-state index contributed by atoms with van der Waals surface area (Å²) in [6.45, 7) is 4.01. The SMILES string of the molecule is CNc1cccc(Oc2c(C)cc(C=CCCC(=O)OC)cc2C)c1N. The number of carbonyl (C=O) groups is 1. The van der Waals surface area contributed by atoms with E-state index >= 15 is 0 Å². The number of esters is 1. The molecule has 0 aliphatic rings. The summed E-state index contributed by atoms with van der Waals surface area (Å²) in [7, 11) is 3.23. The second kappa shape index (κ2) is 8.94. The number of hydrogen-bond acceptors (Lipinski definition) is 5. The van der Waals surface area contributed by atoms with Gasteiger partial charge < -0.3 is 20.5 Å². The normalized spacial score (nSPS) is 10.8. The number of hydrogen-bond donors (Lipinski definition) is 2. The van der Waals surface area contributed by atoms with Gasteiger partial charge in [0.05, 0.1) is 18.5 Å². The molecule has 2 rings (SSSR count). The van der Waals surface area contributed by atoms with Crippen LogP contribution in [-0.4, -0.2) is 20.1 Å². The average molecular weight is 354 g/mol. The molecule has 0 heterocycles. The van der Waals surface area contributed by atoms with E-state index in [2.05, 4.69) is 22.2 Å². The highest BCUT2D eigenvalue weighted by Gasteiger charge is 2.11. The summed E-state index contributed by atoms with van der Waals surface area (Å²) in [5.74, 6) is 1.23. The van der Waals surface area contributed by atoms with Crippen LogP contribution in [0.25, 0.3) is 6.08 Å². The molecule has 0 atom stereocenters. The number of nitrogens with one attached hydrogen (secondary N) is 1. The summed E-state index contributed by atoms with van der Waals surface area (Å²) in [4.78, 5) is 11.1. The van der Waals surface area contributed by atoms with Crippen molar-refractivity contribution in [2.45, 2.75) is 26.7 Å². The summed E-state index contributed by atoms with van der Waals surface area (Å²) in [5, 5.41) is 3.05. The van der Waals surface area contributed by atoms with E-state index in [1.165, 1.54) is 7.11 Å². The van der Waals surface area contributed by atoms with Crippen molar-refractivity contribution in [3.05, 3.63) is 53.1 Å². The highest BCUT2D eigenvalue weighted by atomic mass is 16.5. The Labute approximate surface area is 154 Å². The largest absolute Gasteiger partial charge is 0.469 e. The summed E-state index contributed by atoms with van der Waals surface area (Å²) < 4.78 is 10.7. The minimum absolute atomic E-state index is 0.202. The van der Waals surface area contributed by atoms with Gasteiger partial charge in [-0.1, -0.05) is 18.2 Å². The van der Waals surface area contributed by atoms with Crippen molar-refractivity contribution in [2.24, 2.45) is 0 Å². The molecule has 5 heteroatoms. The van der Waals surface area contributed by atoms with Crippen LogP contribution in [0.5, 0.6) is 11.5 Å². The molecule has 138 valence electrons. The van der Waals surface area contributed by atoms with Crippen molar-refractivity contribution >= 4 is 23.4 Å². The summed E-state index contributed by atoms with van der Waals surface area (Å²) in [6.07, 6.45) is 5.01. The Bertz CT molecular complexity index is 790. The van der Waals surface area contributed by atoms with Crippen molar-refractivity contribution in [2.75, 3.05) is 25.2 Å². The van der Waals surface area contributed by atoms with Crippen LogP contribution in [-0.2, 0) is 9.53 Å². The van der Waals surface area contributed by atoms with Gasteiger partial charge >= 0.3 is 5.97 Å². The van der Waals surface area contributed by atoms with Gasteiger partial charge in [-0.25, -0.2) is 0 Å². The third-order valence-electron chi connectivity index (χ3n) is 4.08. The number of anilines is 2. The number of benzene rings is 2. The maximum absolute atomic E-state index is 11.1. The first-order valence-corrected chi connectivity index (χ1v) is 8.55. The highest BCUT2D eigenvalue weighted by molar-refractivity contribution is 5.73. The van der Waals surface area contributed by atoms with Gasteiger partial charge in [0, 0.05) is 13.5 Å². The number of nitrogen functional groups attached to an aromatic ring is 1. The Morgan fingerprint density at radius 2 is 1.92 bits per heavy atom. The Hall–Kier alpha value is -2.95. The smallest absolute Gasteiger partial charge is 0.305 e. The number of rotatable bonds is 7. The Morgan fingerprint density at radius 3 is 2.54 bits per heavy atom. The quantitative estimate of drug-likeness (QED) is 0.557. The molecule has 0 saturated heterocycles. The van der Waals surface area contributed by atoms with Crippen LogP contribution in [0.1, 0.15) is 29.5 Å². The van der Waals surface area contributed by atoms with E-state index in [0.717, 1.165) is 28.1 Å². The predicted octanol–water partition coefficient (Wildman–Crippen LogP) is 4.69. The molecule has 0 spiro atoms. The molecule has 0 fully saturated rings. The van der Waals surface area contributed by atoms with E-state index in [-0.39, 0.29) is 5.97 Å². The lowest BCUT2D eigenvalue weighted by Gasteiger charge is -2.16. The lowest BCUT2D eigenvalue weighted by atomic mass is 10.0. The number of nitrogens with two attached hydrogens (primary N) is 1. The van der Waals surface area contributed by atoms with Gasteiger partial charge in [-0.2, -0.15) is 0 Å². The van der Waals surface area contributed by atoms with Crippen molar-refractivity contribution in [3.8, 4) is 11.5 Å². The Kier molecular flexibility index (Phi) is 6.67. The van der Waals surface area contributed by atoms with Gasteiger partial charge in [0.1, 0.15) is 5.75 Å². The van der Waals surface area contributed by atoms with E-state index in [0.29, 0.717) is 24.3 Å². The van der Waals surface area contributed by atoms with Crippen LogP contribution in [0.4, 0.5) is 11.4 Å². The first kappa shape index (κ1) is 19.4. The van der Waals surface area contributed by atoms with E-state index in [4.69, 9.17) is 10.5 Å². The summed E-state index contributed by atoms with van der Waals surface area (Å²) in [5.41, 5.74) is 10.7. The molecule has 26 heavy (non-hydrogen) atoms. The van der Waals surface area contributed by atoms with Crippen LogP contribution < -0.4 is 15.8 Å². The molecular weight excluding hydrogens is 328 g/mol. The molecule has 5 nitrogen and oxygen atoms in total. The van der Waals surface area contributed by atoms with E-state index in [1.807, 2.05) is 51.2 Å². The van der Waals surface area contributed by atoms with Gasteiger partial charge in [-0.15, -0.1) is 0 Å². The lowest BCUT2D eigenvalue weighted by molar-refractivity contribution is -0.140. The van der Waals surface area contributed by atoms with Crippen molar-refractivity contribution < 1.29 is 14.3 Å². The fourth-order valence-corrected chi connectivity index (χ4v) is 2.72. The number of carbonyl (C=O) groups excluding carboxylic acids is 1. The van der Waals surface area contributed by atoms with Crippen LogP contribution in [0.15, 0.2) is 36.4 Å². The Morgan fingerprint density at radius 1 is 1.23 bits per heavy atom. The van der Waals surface area contributed by atoms with Crippen LogP contribution in [0.3, 0.4) is 0 Å². The second-order valence-corrected chi connectivity index (χ2v) is 6.07. The van der Waals surface area contributed by atoms with Crippen molar-refractivity contribution in [1.29, 1.82) is 0 Å². The summed E-state index contributed by atoms with van der Waals surface area (Å²) in [6, 6.07) is 9.77. The van der Waals surface area contributed by atoms with E-state index < -0.39 is 0 Å². The number of methoxy groups -OCH3 is 1. The molecule has 0 aliphatic carbocycles. The zero-order chi connectivity index (χ0) is 19.1. The van der Waals surface area contributed by atoms with E-state index in [9.17, 15) is 4.79 Å². The van der Waals surface area contributed by atoms with Gasteiger partial charge in [-0.3, -0.25) is 4.79 Å². The topological polar surface area (TPSA) is 73.6 Å². The van der Waals surface area contributed by atoms with Crippen LogP contribution in [0, 0.1) is 13.8 Å². The monoisotopic (exact) mass is 354 g/mol. The molecule has 0 aromatic heterocycles. The van der Waals surface area contributed by atoms with Crippen molar-refractivity contribution in [1.82, 2.24) is 0 Å². The molecule has 2 aromatic carbocycles. The standard InChI is InChI=1S/C21H26N2O3/c1-14-12-16(8-5-6-11-19(24)25-4)13-15(2)21(14)26-18-10-7-9-17(23-3)20(18)22/h5,7-10,12-13,23H,6,11,22H2,1-4H3. The molecule has 3 N–H and O–H groups in total. The van der Waals surface area contributed by atoms with Crippen LogP contribution in [0.2, 0.25) is 0 Å². The number of para-hydroxylation sites is 1. The van der Waals surface area contributed by atoms with Gasteiger partial charge in [0.2, 0.25) is 0 Å². The molecule has 0 bridgehead atoms. The van der Waals surface area contributed by atoms with Gasteiger partial charge in [0.15, 0.2) is 5.75 Å². The first-order chi connectivity index (χ1) is 12.5. The maximum Gasteiger partial charge on any atom is 0.305 e. The Balaban J connectivity index is 2.17. The average Bonchev–Trinajstić information content (AvgIpc) is 2.62. The maximum atomic E-state index is 11.1. The first-order valence-electron chi connectivity index (χ1n) is 8.55. The number of allylic oxidation sites excluding steroid dienone is 1. The number of aryl methyl sites for hydroxylation is 2. The van der Waals surface area contributed by atoms with Gasteiger partial charge in [0.25, 0.3) is 0 Å². The molecule has 0 aliphatic heterocycles. The minimum Gasteiger partial charge on any atom is -0.469 e. The molecule has 0 amide bonds. The number of ether oxygens (including phenoxy) is 2. The van der Waals surface area contributed by atoms with Crippen molar-refractivity contribution in [3.63, 3.8) is 0 Å². The zero-order valence-electron chi connectivity index (χ0n) is 15.8. The third kappa shape index (κ3) is 4.79. The molecule has 0 unspecified atom stereocenters.